The van der Waals surface area contributed by atoms with Gasteiger partial charge in [0.15, 0.2) is 6.61 Å². The van der Waals surface area contributed by atoms with Crippen molar-refractivity contribution in [1.29, 1.82) is 0 Å². The molecule has 0 saturated carbocycles. The van der Waals surface area contributed by atoms with Crippen LogP contribution >= 0.6 is 11.3 Å². The fourth-order valence-corrected chi connectivity index (χ4v) is 7.17. The largest absolute Gasteiger partial charge is 0.483 e. The minimum Gasteiger partial charge on any atom is -0.483 e. The Balaban J connectivity index is 1.20. The third kappa shape index (κ3) is 5.96. The van der Waals surface area contributed by atoms with E-state index in [0.717, 1.165) is 80.8 Å². The van der Waals surface area contributed by atoms with Gasteiger partial charge in [0.1, 0.15) is 10.8 Å². The molecule has 8 heteroatoms. The molecule has 2 aromatic heterocycles. The molecule has 0 unspecified atom stereocenters. The van der Waals surface area contributed by atoms with Gasteiger partial charge in [-0.05, 0) is 81.7 Å². The topological polar surface area (TPSA) is 84.7 Å². The quantitative estimate of drug-likeness (QED) is 0.147. The van der Waals surface area contributed by atoms with Crippen molar-refractivity contribution in [3.63, 3.8) is 0 Å². The van der Waals surface area contributed by atoms with Crippen molar-refractivity contribution >= 4 is 45.8 Å². The SMILES string of the molecule is Cc1ccc(NC(=O)c2c(-n3c(C)cc(/C=N/NC(=O)COc4cccc5ccccc45)c3C)sc3c2CCCC3)cc1. The average Bonchev–Trinajstić information content (AvgIpc) is 3.52. The minimum atomic E-state index is -0.348. The van der Waals surface area contributed by atoms with Crippen LogP contribution in [0.25, 0.3) is 15.8 Å². The lowest BCUT2D eigenvalue weighted by molar-refractivity contribution is -0.123. The van der Waals surface area contributed by atoms with Gasteiger partial charge in [0.25, 0.3) is 11.8 Å². The smallest absolute Gasteiger partial charge is 0.277 e. The molecule has 0 bridgehead atoms. The summed E-state index contributed by atoms with van der Waals surface area (Å²) in [6.07, 6.45) is 5.76. The number of thiophene rings is 1. The Labute approximate surface area is 255 Å². The van der Waals surface area contributed by atoms with Gasteiger partial charge in [-0.2, -0.15) is 5.10 Å². The molecule has 0 atom stereocenters. The van der Waals surface area contributed by atoms with E-state index < -0.39 is 0 Å². The Hall–Kier alpha value is -4.69. The number of hydrogen-bond donors (Lipinski definition) is 2. The second-order valence-corrected chi connectivity index (χ2v) is 12.0. The molecule has 3 aromatic carbocycles. The summed E-state index contributed by atoms with van der Waals surface area (Å²) in [6.45, 7) is 5.93. The van der Waals surface area contributed by atoms with E-state index in [9.17, 15) is 9.59 Å². The van der Waals surface area contributed by atoms with Gasteiger partial charge in [0, 0.05) is 32.9 Å². The molecular weight excluding hydrogens is 556 g/mol. The lowest BCUT2D eigenvalue weighted by Gasteiger charge is -2.14. The van der Waals surface area contributed by atoms with Gasteiger partial charge < -0.3 is 14.6 Å². The molecule has 7 nitrogen and oxygen atoms in total. The molecule has 0 radical (unpaired) electrons. The molecular formula is C35H34N4O3S. The lowest BCUT2D eigenvalue weighted by atomic mass is 9.95. The van der Waals surface area contributed by atoms with Crippen LogP contribution < -0.4 is 15.5 Å². The third-order valence-corrected chi connectivity index (χ3v) is 9.14. The molecule has 2 N–H and O–H groups in total. The van der Waals surface area contributed by atoms with Crippen LogP contribution in [0.5, 0.6) is 5.75 Å². The van der Waals surface area contributed by atoms with E-state index in [1.54, 1.807) is 17.6 Å². The second kappa shape index (κ2) is 12.3. The Morgan fingerprint density at radius 3 is 2.58 bits per heavy atom. The number of benzene rings is 3. The van der Waals surface area contributed by atoms with Crippen LogP contribution in [0, 0.1) is 20.8 Å². The standard InChI is InChI=1S/C35H34N4O3S/c1-22-15-17-27(18-16-22)37-34(41)33-29-12-6-7-14-31(29)43-35(33)39-23(2)19-26(24(39)3)20-36-38-32(40)21-42-30-13-8-10-25-9-4-5-11-28(25)30/h4-5,8-11,13,15-20H,6-7,12,14,21H2,1-3H3,(H,37,41)(H,38,40)/b36-20+. The van der Waals surface area contributed by atoms with E-state index in [4.69, 9.17) is 4.74 Å². The van der Waals surface area contributed by atoms with Gasteiger partial charge in [-0.25, -0.2) is 5.43 Å². The van der Waals surface area contributed by atoms with E-state index in [0.29, 0.717) is 5.75 Å². The molecule has 1 aliphatic carbocycles. The number of nitrogens with one attached hydrogen (secondary N) is 2. The number of amides is 2. The van der Waals surface area contributed by atoms with Crippen LogP contribution in [0.15, 0.2) is 77.9 Å². The van der Waals surface area contributed by atoms with Crippen LogP contribution in [-0.2, 0) is 17.6 Å². The first kappa shape index (κ1) is 28.4. The molecule has 0 spiro atoms. The summed E-state index contributed by atoms with van der Waals surface area (Å²) >= 11 is 1.70. The van der Waals surface area contributed by atoms with Crippen LogP contribution in [0.4, 0.5) is 5.69 Å². The summed E-state index contributed by atoms with van der Waals surface area (Å²) in [4.78, 5) is 27.5. The van der Waals surface area contributed by atoms with E-state index in [1.165, 1.54) is 4.88 Å². The average molecular weight is 591 g/mol. The highest BCUT2D eigenvalue weighted by Crippen LogP contribution is 2.39. The zero-order chi connectivity index (χ0) is 29.9. The number of fused-ring (bicyclic) bond motifs is 2. The van der Waals surface area contributed by atoms with Crippen LogP contribution in [0.3, 0.4) is 0 Å². The number of rotatable bonds is 8. The predicted octanol–water partition coefficient (Wildman–Crippen LogP) is 7.28. The minimum absolute atomic E-state index is 0.0839. The highest BCUT2D eigenvalue weighted by Gasteiger charge is 2.28. The number of carbonyl (C=O) groups is 2. The third-order valence-electron chi connectivity index (χ3n) is 7.86. The van der Waals surface area contributed by atoms with Crippen molar-refractivity contribution < 1.29 is 14.3 Å². The number of nitrogens with zero attached hydrogens (tertiary/aromatic N) is 2. The van der Waals surface area contributed by atoms with Gasteiger partial charge in [-0.3, -0.25) is 9.59 Å². The zero-order valence-electron chi connectivity index (χ0n) is 24.6. The molecule has 6 rings (SSSR count). The van der Waals surface area contributed by atoms with Gasteiger partial charge in [-0.1, -0.05) is 54.1 Å². The maximum Gasteiger partial charge on any atom is 0.277 e. The molecule has 1 aliphatic rings. The van der Waals surface area contributed by atoms with E-state index >= 15 is 0 Å². The number of hydrazone groups is 1. The monoisotopic (exact) mass is 590 g/mol. The molecule has 2 amide bonds. The summed E-state index contributed by atoms with van der Waals surface area (Å²) in [6, 6.07) is 23.6. The van der Waals surface area contributed by atoms with Crippen molar-refractivity contribution in [3.8, 4) is 10.8 Å². The fraction of sp³-hybridized carbons (Fsp3) is 0.229. The highest BCUT2D eigenvalue weighted by molar-refractivity contribution is 7.15. The van der Waals surface area contributed by atoms with Crippen molar-refractivity contribution in [1.82, 2.24) is 9.99 Å². The normalized spacial score (nSPS) is 12.8. The maximum atomic E-state index is 13.7. The summed E-state index contributed by atoms with van der Waals surface area (Å²) in [5, 5.41) is 10.3. The van der Waals surface area contributed by atoms with Gasteiger partial charge in [0.05, 0.1) is 11.8 Å². The Morgan fingerprint density at radius 2 is 1.74 bits per heavy atom. The number of aryl methyl sites for hydroxylation is 3. The highest BCUT2D eigenvalue weighted by atomic mass is 32.1. The summed E-state index contributed by atoms with van der Waals surface area (Å²) in [7, 11) is 0. The number of anilines is 1. The molecule has 0 fully saturated rings. The Kier molecular flexibility index (Phi) is 8.11. The maximum absolute atomic E-state index is 13.7. The van der Waals surface area contributed by atoms with Gasteiger partial charge in [-0.15, -0.1) is 11.3 Å². The molecule has 2 heterocycles. The van der Waals surface area contributed by atoms with Gasteiger partial charge >= 0.3 is 0 Å². The Bertz CT molecular complexity index is 1840. The molecule has 218 valence electrons. The molecule has 0 aliphatic heterocycles. The summed E-state index contributed by atoms with van der Waals surface area (Å²) in [5.74, 6) is 0.222. The number of hydrogen-bond acceptors (Lipinski definition) is 5. The molecule has 5 aromatic rings. The fourth-order valence-electron chi connectivity index (χ4n) is 5.68. The summed E-state index contributed by atoms with van der Waals surface area (Å²) in [5.41, 5.74) is 9.24. The van der Waals surface area contributed by atoms with Crippen LogP contribution in [0.1, 0.15) is 56.2 Å². The van der Waals surface area contributed by atoms with Crippen molar-refractivity contribution in [2.75, 3.05) is 11.9 Å². The first-order valence-electron chi connectivity index (χ1n) is 14.5. The van der Waals surface area contributed by atoms with Crippen molar-refractivity contribution in [3.05, 3.63) is 111 Å². The number of carbonyl (C=O) groups excluding carboxylic acids is 2. The Morgan fingerprint density at radius 1 is 0.977 bits per heavy atom. The molecule has 0 saturated heterocycles. The van der Waals surface area contributed by atoms with Crippen LogP contribution in [0.2, 0.25) is 0 Å². The van der Waals surface area contributed by atoms with Crippen molar-refractivity contribution in [2.45, 2.75) is 46.5 Å². The first-order chi connectivity index (χ1) is 20.9. The lowest BCUT2D eigenvalue weighted by Crippen LogP contribution is -2.24. The van der Waals surface area contributed by atoms with E-state index in [1.807, 2.05) is 93.6 Å². The van der Waals surface area contributed by atoms with E-state index in [-0.39, 0.29) is 18.4 Å². The predicted molar refractivity (Wildman–Crippen MR) is 174 cm³/mol. The number of aromatic nitrogens is 1. The zero-order valence-corrected chi connectivity index (χ0v) is 25.4. The van der Waals surface area contributed by atoms with Gasteiger partial charge in [0.2, 0.25) is 0 Å². The van der Waals surface area contributed by atoms with Crippen LogP contribution in [-0.4, -0.2) is 29.2 Å². The van der Waals surface area contributed by atoms with E-state index in [2.05, 4.69) is 20.4 Å². The number of ether oxygens (including phenoxy) is 1. The van der Waals surface area contributed by atoms with Crippen molar-refractivity contribution in [2.24, 2.45) is 5.10 Å². The second-order valence-electron chi connectivity index (χ2n) is 10.9. The molecule has 43 heavy (non-hydrogen) atoms. The first-order valence-corrected chi connectivity index (χ1v) is 15.3. The summed E-state index contributed by atoms with van der Waals surface area (Å²) < 4.78 is 7.92.